The molecule has 0 radical (unpaired) electrons. The van der Waals surface area contributed by atoms with Crippen LogP contribution < -0.4 is 5.32 Å². The first kappa shape index (κ1) is 15.6. The van der Waals surface area contributed by atoms with Crippen molar-refractivity contribution < 1.29 is 24.5 Å². The number of ketones is 2. The number of ether oxygens (including phenoxy) is 1. The minimum absolute atomic E-state index is 0.0262. The maximum absolute atomic E-state index is 12.7. The number of hydrogen-bond donors (Lipinski definition) is 3. The standard InChI is InChI=1S/C17H17NO5/c1-16(9-19)10-23-17(22)13(20)8-7-12(15(17)18-16)14(21)11-5-3-2-4-6-11/h2-8,18-19,22H,9-10H2,1H3. The van der Waals surface area contributed by atoms with E-state index in [0.717, 1.165) is 6.08 Å². The highest BCUT2D eigenvalue weighted by molar-refractivity contribution is 6.14. The third kappa shape index (κ3) is 2.50. The number of hydrogen-bond acceptors (Lipinski definition) is 6. The van der Waals surface area contributed by atoms with E-state index in [9.17, 15) is 19.8 Å². The average molecular weight is 315 g/mol. The third-order valence-corrected chi connectivity index (χ3v) is 4.00. The number of fused-ring (bicyclic) bond motifs is 1. The van der Waals surface area contributed by atoms with Crippen LogP contribution in [0.1, 0.15) is 17.3 Å². The highest BCUT2D eigenvalue weighted by Gasteiger charge is 2.51. The number of carbonyl (C=O) groups excluding carboxylic acids is 2. The second-order valence-electron chi connectivity index (χ2n) is 5.96. The summed E-state index contributed by atoms with van der Waals surface area (Å²) in [6.45, 7) is 1.32. The molecular formula is C17H17NO5. The summed E-state index contributed by atoms with van der Waals surface area (Å²) >= 11 is 0. The van der Waals surface area contributed by atoms with Gasteiger partial charge in [0.25, 0.3) is 5.79 Å². The SMILES string of the molecule is CC1(CO)COC2(O)C(=O)C=CC(C(=O)c3ccccc3)=C2N1. The normalized spacial score (nSPS) is 30.0. The van der Waals surface area contributed by atoms with Gasteiger partial charge < -0.3 is 20.3 Å². The Morgan fingerprint density at radius 2 is 2.00 bits per heavy atom. The number of allylic oxidation sites excluding steroid dienone is 2. The molecule has 0 amide bonds. The van der Waals surface area contributed by atoms with Crippen LogP contribution in [0.25, 0.3) is 0 Å². The molecule has 1 aliphatic carbocycles. The first-order chi connectivity index (χ1) is 10.9. The summed E-state index contributed by atoms with van der Waals surface area (Å²) in [6.07, 6.45) is 2.49. The highest BCUT2D eigenvalue weighted by atomic mass is 16.6. The number of benzene rings is 1. The van der Waals surface area contributed by atoms with Crippen LogP contribution in [0.3, 0.4) is 0 Å². The van der Waals surface area contributed by atoms with Crippen molar-refractivity contribution in [3.63, 3.8) is 0 Å². The van der Waals surface area contributed by atoms with E-state index in [4.69, 9.17) is 4.74 Å². The molecule has 6 nitrogen and oxygen atoms in total. The molecule has 0 saturated carbocycles. The average Bonchev–Trinajstić information content (AvgIpc) is 2.58. The van der Waals surface area contributed by atoms with Crippen molar-refractivity contribution in [3.05, 3.63) is 59.3 Å². The summed E-state index contributed by atoms with van der Waals surface area (Å²) in [5.74, 6) is -3.23. The summed E-state index contributed by atoms with van der Waals surface area (Å²) < 4.78 is 5.33. The van der Waals surface area contributed by atoms with Gasteiger partial charge in [0.2, 0.25) is 5.78 Å². The van der Waals surface area contributed by atoms with Gasteiger partial charge in [-0.15, -0.1) is 0 Å². The van der Waals surface area contributed by atoms with E-state index in [1.165, 1.54) is 6.08 Å². The van der Waals surface area contributed by atoms with Crippen LogP contribution in [0.5, 0.6) is 0 Å². The van der Waals surface area contributed by atoms with E-state index in [1.54, 1.807) is 37.3 Å². The van der Waals surface area contributed by atoms with Crippen LogP contribution in [0.15, 0.2) is 53.8 Å². The Balaban J connectivity index is 2.10. The summed E-state index contributed by atoms with van der Waals surface area (Å²) in [5.41, 5.74) is -0.358. The molecule has 1 fully saturated rings. The van der Waals surface area contributed by atoms with Crippen LogP contribution >= 0.6 is 0 Å². The van der Waals surface area contributed by atoms with Gasteiger partial charge in [0.05, 0.1) is 24.4 Å². The van der Waals surface area contributed by atoms with E-state index in [0.29, 0.717) is 5.56 Å². The zero-order valence-electron chi connectivity index (χ0n) is 12.6. The quantitative estimate of drug-likeness (QED) is 0.695. The topological polar surface area (TPSA) is 95.9 Å². The van der Waals surface area contributed by atoms with Crippen LogP contribution in [0.4, 0.5) is 0 Å². The molecule has 2 aliphatic rings. The lowest BCUT2D eigenvalue weighted by Crippen LogP contribution is -2.64. The summed E-state index contributed by atoms with van der Waals surface area (Å²) in [5, 5.41) is 23.0. The zero-order chi connectivity index (χ0) is 16.7. The number of morpholine rings is 1. The first-order valence-electron chi connectivity index (χ1n) is 7.22. The molecule has 3 N–H and O–H groups in total. The molecule has 1 aliphatic heterocycles. The van der Waals surface area contributed by atoms with Gasteiger partial charge >= 0.3 is 0 Å². The number of carbonyl (C=O) groups is 2. The molecule has 0 aromatic heterocycles. The molecule has 6 heteroatoms. The maximum atomic E-state index is 12.7. The Labute approximate surface area is 133 Å². The fourth-order valence-electron chi connectivity index (χ4n) is 2.58. The van der Waals surface area contributed by atoms with Gasteiger partial charge in [-0.3, -0.25) is 9.59 Å². The van der Waals surface area contributed by atoms with Crippen molar-refractivity contribution in [2.75, 3.05) is 13.2 Å². The van der Waals surface area contributed by atoms with Gasteiger partial charge in [0, 0.05) is 11.1 Å². The minimum Gasteiger partial charge on any atom is -0.394 e. The van der Waals surface area contributed by atoms with Gasteiger partial charge in [0.15, 0.2) is 5.78 Å². The van der Waals surface area contributed by atoms with Crippen molar-refractivity contribution in [2.24, 2.45) is 0 Å². The molecule has 3 rings (SSSR count). The van der Waals surface area contributed by atoms with Gasteiger partial charge in [-0.05, 0) is 19.1 Å². The predicted molar refractivity (Wildman–Crippen MR) is 81.5 cm³/mol. The van der Waals surface area contributed by atoms with E-state index in [1.807, 2.05) is 0 Å². The summed E-state index contributed by atoms with van der Waals surface area (Å²) in [4.78, 5) is 24.8. The van der Waals surface area contributed by atoms with Crippen LogP contribution in [-0.2, 0) is 9.53 Å². The summed E-state index contributed by atoms with van der Waals surface area (Å²) in [6, 6.07) is 8.54. The largest absolute Gasteiger partial charge is 0.394 e. The molecule has 1 aromatic carbocycles. The Kier molecular flexibility index (Phi) is 3.68. The zero-order valence-corrected chi connectivity index (χ0v) is 12.6. The molecule has 1 aromatic rings. The second-order valence-corrected chi connectivity index (χ2v) is 5.96. The second kappa shape index (κ2) is 5.42. The molecule has 1 heterocycles. The monoisotopic (exact) mass is 315 g/mol. The van der Waals surface area contributed by atoms with Crippen molar-refractivity contribution in [1.82, 2.24) is 5.32 Å². The maximum Gasteiger partial charge on any atom is 0.273 e. The Morgan fingerprint density at radius 3 is 2.65 bits per heavy atom. The molecule has 0 bridgehead atoms. The first-order valence-corrected chi connectivity index (χ1v) is 7.22. The molecule has 120 valence electrons. The molecular weight excluding hydrogens is 298 g/mol. The fourth-order valence-corrected chi connectivity index (χ4v) is 2.58. The van der Waals surface area contributed by atoms with Crippen LogP contribution in [0, 0.1) is 0 Å². The lowest BCUT2D eigenvalue weighted by Gasteiger charge is -2.44. The van der Waals surface area contributed by atoms with Crippen molar-refractivity contribution >= 4 is 11.6 Å². The fraction of sp³-hybridized carbons (Fsp3) is 0.294. The van der Waals surface area contributed by atoms with Crippen LogP contribution in [-0.4, -0.2) is 46.3 Å². The smallest absolute Gasteiger partial charge is 0.273 e. The third-order valence-electron chi connectivity index (χ3n) is 4.00. The Morgan fingerprint density at radius 1 is 1.30 bits per heavy atom. The Hall–Kier alpha value is -2.28. The highest BCUT2D eigenvalue weighted by Crippen LogP contribution is 2.34. The van der Waals surface area contributed by atoms with Crippen molar-refractivity contribution in [2.45, 2.75) is 18.2 Å². The van der Waals surface area contributed by atoms with Gasteiger partial charge in [0.1, 0.15) is 0 Å². The van der Waals surface area contributed by atoms with Gasteiger partial charge in [-0.25, -0.2) is 0 Å². The number of nitrogens with one attached hydrogen (secondary N) is 1. The van der Waals surface area contributed by atoms with E-state index >= 15 is 0 Å². The van der Waals surface area contributed by atoms with Crippen molar-refractivity contribution in [3.8, 4) is 0 Å². The number of rotatable bonds is 3. The molecule has 2 atom stereocenters. The lowest BCUT2D eigenvalue weighted by atomic mass is 9.87. The Bertz CT molecular complexity index is 724. The lowest BCUT2D eigenvalue weighted by molar-refractivity contribution is -0.208. The molecule has 2 unspecified atom stereocenters. The van der Waals surface area contributed by atoms with E-state index < -0.39 is 17.1 Å². The number of aliphatic hydroxyl groups is 2. The van der Waals surface area contributed by atoms with Crippen LogP contribution in [0.2, 0.25) is 0 Å². The van der Waals surface area contributed by atoms with Crippen molar-refractivity contribution in [1.29, 1.82) is 0 Å². The number of Topliss-reactive ketones (excluding diaryl/α,β-unsaturated/α-hetero) is 1. The minimum atomic E-state index is -2.22. The molecule has 0 spiro atoms. The predicted octanol–water partition coefficient (Wildman–Crippen LogP) is 0.322. The van der Waals surface area contributed by atoms with Gasteiger partial charge in [-0.1, -0.05) is 30.3 Å². The number of aliphatic hydroxyl groups excluding tert-OH is 1. The summed E-state index contributed by atoms with van der Waals surface area (Å²) in [7, 11) is 0. The molecule has 23 heavy (non-hydrogen) atoms. The molecule has 1 saturated heterocycles. The van der Waals surface area contributed by atoms with E-state index in [2.05, 4.69) is 5.32 Å². The van der Waals surface area contributed by atoms with Gasteiger partial charge in [-0.2, -0.15) is 0 Å². The van der Waals surface area contributed by atoms with E-state index in [-0.39, 0.29) is 30.3 Å².